The van der Waals surface area contributed by atoms with Gasteiger partial charge in [-0.15, -0.1) is 0 Å². The highest BCUT2D eigenvalue weighted by molar-refractivity contribution is 5.93. The monoisotopic (exact) mass is 524 g/mol. The molecule has 4 nitrogen and oxygen atoms in total. The summed E-state index contributed by atoms with van der Waals surface area (Å²) >= 11 is 0. The molecule has 1 aliphatic rings. The van der Waals surface area contributed by atoms with Crippen LogP contribution in [-0.4, -0.2) is 23.9 Å². The number of allylic oxidation sites excluding steroid dienone is 2. The van der Waals surface area contributed by atoms with Crippen molar-refractivity contribution < 1.29 is 18.4 Å². The normalized spacial score (nSPS) is 17.6. The van der Waals surface area contributed by atoms with E-state index in [2.05, 4.69) is 24.5 Å². The number of hydrogen-bond donors (Lipinski definition) is 2. The van der Waals surface area contributed by atoms with Crippen molar-refractivity contribution in [3.63, 3.8) is 0 Å². The van der Waals surface area contributed by atoms with Gasteiger partial charge >= 0.3 is 0 Å². The minimum absolute atomic E-state index is 0.339. The second kappa shape index (κ2) is 22.3. The Hall–Kier alpha value is -1.72. The van der Waals surface area contributed by atoms with Crippen molar-refractivity contribution in [3.8, 4) is 0 Å². The van der Waals surface area contributed by atoms with E-state index in [-0.39, 0.29) is 12.1 Å². The summed E-state index contributed by atoms with van der Waals surface area (Å²) in [5.41, 5.74) is 0. The lowest BCUT2D eigenvalue weighted by Gasteiger charge is -2.05. The van der Waals surface area contributed by atoms with Crippen molar-refractivity contribution in [1.82, 2.24) is 10.6 Å². The molecule has 6 heteroatoms. The molecule has 2 amide bonds. The van der Waals surface area contributed by atoms with Gasteiger partial charge in [-0.25, -0.2) is 8.78 Å². The van der Waals surface area contributed by atoms with E-state index in [0.717, 1.165) is 38.5 Å². The highest BCUT2D eigenvalue weighted by Crippen LogP contribution is 2.23. The van der Waals surface area contributed by atoms with Crippen LogP contribution in [0.15, 0.2) is 23.8 Å². The van der Waals surface area contributed by atoms with Gasteiger partial charge < -0.3 is 10.6 Å². The van der Waals surface area contributed by atoms with Gasteiger partial charge in [0.15, 0.2) is 11.7 Å². The van der Waals surface area contributed by atoms with Crippen molar-refractivity contribution >= 4 is 11.8 Å². The average molecular weight is 525 g/mol. The van der Waals surface area contributed by atoms with Crippen molar-refractivity contribution in [2.75, 3.05) is 0 Å². The molecule has 1 aliphatic carbocycles. The fourth-order valence-corrected chi connectivity index (χ4v) is 4.54. The molecular formula is C31H54F2N2O2. The summed E-state index contributed by atoms with van der Waals surface area (Å²) < 4.78 is 28.1. The fourth-order valence-electron chi connectivity index (χ4n) is 4.54. The highest BCUT2D eigenvalue weighted by Gasteiger charge is 2.40. The summed E-state index contributed by atoms with van der Waals surface area (Å²) in [5.74, 6) is -3.05. The van der Waals surface area contributed by atoms with Crippen LogP contribution in [0.4, 0.5) is 8.78 Å². The Balaban J connectivity index is 2.07. The lowest BCUT2D eigenvalue weighted by Crippen LogP contribution is -2.35. The molecular weight excluding hydrogens is 470 g/mol. The molecule has 0 radical (unpaired) electrons. The van der Waals surface area contributed by atoms with Crippen LogP contribution in [0.5, 0.6) is 0 Å². The quantitative estimate of drug-likeness (QED) is 0.0978. The van der Waals surface area contributed by atoms with Gasteiger partial charge in [0.25, 0.3) is 11.8 Å². The molecule has 0 saturated heterocycles. The summed E-state index contributed by atoms with van der Waals surface area (Å²) in [6.07, 6.45) is 25.8. The molecule has 0 spiro atoms. The van der Waals surface area contributed by atoms with E-state index in [1.54, 1.807) is 0 Å². The molecule has 37 heavy (non-hydrogen) atoms. The fraction of sp³-hybridized carbons (Fsp3) is 0.806. The predicted molar refractivity (Wildman–Crippen MR) is 151 cm³/mol. The lowest BCUT2D eigenvalue weighted by molar-refractivity contribution is -0.120. The van der Waals surface area contributed by atoms with E-state index in [4.69, 9.17) is 0 Å². The molecule has 1 rings (SSSR count). The van der Waals surface area contributed by atoms with Crippen LogP contribution in [0.1, 0.15) is 149 Å². The molecule has 0 unspecified atom stereocenters. The number of rotatable bonds is 24. The van der Waals surface area contributed by atoms with Gasteiger partial charge in [-0.05, 0) is 44.3 Å². The van der Waals surface area contributed by atoms with Gasteiger partial charge in [0.2, 0.25) is 0 Å². The van der Waals surface area contributed by atoms with E-state index in [1.165, 1.54) is 89.2 Å². The first-order valence-corrected chi connectivity index (χ1v) is 15.3. The Morgan fingerprint density at radius 3 is 1.19 bits per heavy atom. The highest BCUT2D eigenvalue weighted by atomic mass is 19.1. The third-order valence-electron chi connectivity index (χ3n) is 7.12. The van der Waals surface area contributed by atoms with Gasteiger partial charge in [-0.3, -0.25) is 9.59 Å². The zero-order valence-corrected chi connectivity index (χ0v) is 23.7. The third kappa shape index (κ3) is 18.2. The maximum Gasteiger partial charge on any atom is 0.279 e. The number of nitrogens with one attached hydrogen (secondary N) is 2. The lowest BCUT2D eigenvalue weighted by atomic mass is 10.1. The first kappa shape index (κ1) is 33.3. The van der Waals surface area contributed by atoms with E-state index < -0.39 is 23.5 Å². The molecule has 0 bridgehead atoms. The standard InChI is InChI=1S/C31H54F2N2O2/c1-3-5-7-9-11-13-15-17-19-21-23-26(32)30(36)34-28-25-29(28)35-31(37)27(33)24-22-20-18-16-14-12-10-8-6-4-2/h23-24,28-29H,3-22,25H2,1-2H3,(H,34,36)(H,35,37)/t28-,29+. The van der Waals surface area contributed by atoms with Crippen LogP contribution in [0.2, 0.25) is 0 Å². The molecule has 0 aromatic carbocycles. The zero-order valence-electron chi connectivity index (χ0n) is 23.7. The van der Waals surface area contributed by atoms with E-state index in [1.807, 2.05) is 0 Å². The molecule has 1 saturated carbocycles. The van der Waals surface area contributed by atoms with Crippen LogP contribution >= 0.6 is 0 Å². The Kier molecular flexibility index (Phi) is 20.1. The summed E-state index contributed by atoms with van der Waals surface area (Å²) in [5, 5.41) is 5.16. The van der Waals surface area contributed by atoms with Crippen LogP contribution in [0.3, 0.4) is 0 Å². The topological polar surface area (TPSA) is 58.2 Å². The van der Waals surface area contributed by atoms with Gasteiger partial charge in [-0.2, -0.15) is 0 Å². The number of amides is 2. The number of carbonyl (C=O) groups is 2. The zero-order chi connectivity index (χ0) is 27.1. The number of halogens is 2. The van der Waals surface area contributed by atoms with E-state index in [0.29, 0.717) is 19.3 Å². The Morgan fingerprint density at radius 2 is 0.865 bits per heavy atom. The Bertz CT molecular complexity index is 622. The molecule has 1 fully saturated rings. The number of hydrogen-bond acceptors (Lipinski definition) is 2. The second-order valence-electron chi connectivity index (χ2n) is 10.7. The van der Waals surface area contributed by atoms with Gasteiger partial charge in [-0.1, -0.05) is 117 Å². The minimum atomic E-state index is -0.774. The van der Waals surface area contributed by atoms with Crippen molar-refractivity contribution in [2.24, 2.45) is 0 Å². The average Bonchev–Trinajstić information content (AvgIpc) is 3.62. The van der Waals surface area contributed by atoms with Crippen LogP contribution < -0.4 is 10.6 Å². The van der Waals surface area contributed by atoms with E-state index >= 15 is 0 Å². The van der Waals surface area contributed by atoms with Crippen LogP contribution in [0.25, 0.3) is 0 Å². The molecule has 2 N–H and O–H groups in total. The molecule has 214 valence electrons. The first-order valence-electron chi connectivity index (χ1n) is 15.3. The predicted octanol–water partition coefficient (Wildman–Crippen LogP) is 8.91. The largest absolute Gasteiger partial charge is 0.345 e. The minimum Gasteiger partial charge on any atom is -0.345 e. The molecule has 0 aromatic rings. The Labute approximate surface area is 225 Å². The van der Waals surface area contributed by atoms with Gasteiger partial charge in [0.05, 0.1) is 12.1 Å². The summed E-state index contributed by atoms with van der Waals surface area (Å²) in [6, 6.07) is -0.679. The van der Waals surface area contributed by atoms with Crippen molar-refractivity contribution in [3.05, 3.63) is 23.8 Å². The maximum absolute atomic E-state index is 14.1. The number of unbranched alkanes of at least 4 members (excludes halogenated alkanes) is 18. The van der Waals surface area contributed by atoms with Crippen molar-refractivity contribution in [2.45, 2.75) is 161 Å². The molecule has 0 aromatic heterocycles. The SMILES string of the molecule is CCCCCCCCCCCC=C(F)C(=O)N[C@H]1C[C@H]1NC(=O)C(F)=CCCCCCCCCCCC. The van der Waals surface area contributed by atoms with Crippen LogP contribution in [-0.2, 0) is 9.59 Å². The first-order chi connectivity index (χ1) is 18.0. The molecule has 0 aliphatic heterocycles. The third-order valence-corrected chi connectivity index (χ3v) is 7.12. The van der Waals surface area contributed by atoms with Gasteiger partial charge in [0.1, 0.15) is 0 Å². The summed E-state index contributed by atoms with van der Waals surface area (Å²) in [4.78, 5) is 24.0. The van der Waals surface area contributed by atoms with Crippen molar-refractivity contribution in [1.29, 1.82) is 0 Å². The summed E-state index contributed by atoms with van der Waals surface area (Å²) in [7, 11) is 0. The number of carbonyl (C=O) groups excluding carboxylic acids is 2. The smallest absolute Gasteiger partial charge is 0.279 e. The van der Waals surface area contributed by atoms with E-state index in [9.17, 15) is 18.4 Å². The van der Waals surface area contributed by atoms with Gasteiger partial charge in [0, 0.05) is 0 Å². The molecule has 2 atom stereocenters. The second-order valence-corrected chi connectivity index (χ2v) is 10.7. The maximum atomic E-state index is 14.1. The summed E-state index contributed by atoms with van der Waals surface area (Å²) in [6.45, 7) is 4.43. The van der Waals surface area contributed by atoms with Crippen LogP contribution in [0, 0.1) is 0 Å². The molecule has 0 heterocycles. The Morgan fingerprint density at radius 1 is 0.568 bits per heavy atom.